The van der Waals surface area contributed by atoms with Gasteiger partial charge in [-0.1, -0.05) is 6.07 Å². The van der Waals surface area contributed by atoms with Crippen LogP contribution in [-0.2, 0) is 23.3 Å². The minimum atomic E-state index is -1.61. The lowest BCUT2D eigenvalue weighted by atomic mass is 9.94. The highest BCUT2D eigenvalue weighted by molar-refractivity contribution is 6.08. The highest BCUT2D eigenvalue weighted by Crippen LogP contribution is 2.36. The number of carbonyl (C=O) groups excluding carboxylic acids is 4. The Labute approximate surface area is 199 Å². The number of carbonyl (C=O) groups is 4. The molecule has 0 bridgehead atoms. The summed E-state index contributed by atoms with van der Waals surface area (Å²) in [4.78, 5) is 52.5. The average Bonchev–Trinajstić information content (AvgIpc) is 3.44. The van der Waals surface area contributed by atoms with Gasteiger partial charge < -0.3 is 24.7 Å². The highest BCUT2D eigenvalue weighted by atomic mass is 16.5. The normalized spacial score (nSPS) is 21.3. The predicted octanol–water partition coefficient (Wildman–Crippen LogP) is 1.81. The second-order valence-electron chi connectivity index (χ2n) is 9.02. The largest absolute Gasteiger partial charge is 0.497 e. The van der Waals surface area contributed by atoms with Crippen molar-refractivity contribution in [2.24, 2.45) is 0 Å². The molecule has 10 nitrogen and oxygen atoms in total. The van der Waals surface area contributed by atoms with Crippen molar-refractivity contribution in [1.29, 1.82) is 0 Å². The van der Waals surface area contributed by atoms with E-state index in [1.54, 1.807) is 24.3 Å². The Morgan fingerprint density at radius 1 is 1.06 bits per heavy atom. The topological polar surface area (TPSA) is 130 Å². The molecule has 1 fully saturated rings. The smallest absolute Gasteiger partial charge is 0.322 e. The summed E-state index contributed by atoms with van der Waals surface area (Å²) in [7, 11) is 1.52. The number of benzene rings is 2. The number of methoxy groups -OCH3 is 1. The Kier molecular flexibility index (Phi) is 4.60. The molecule has 1 aromatic heterocycles. The van der Waals surface area contributed by atoms with Gasteiger partial charge in [0.2, 0.25) is 0 Å². The molecule has 0 spiro atoms. The minimum Gasteiger partial charge on any atom is -0.497 e. The number of nitrogens with zero attached hydrogens (tertiary/aromatic N) is 1. The second kappa shape index (κ2) is 7.59. The molecule has 3 N–H and O–H groups in total. The fourth-order valence-corrected chi connectivity index (χ4v) is 5.07. The first-order valence-electron chi connectivity index (χ1n) is 11.3. The van der Waals surface area contributed by atoms with Crippen LogP contribution < -0.4 is 20.7 Å². The van der Waals surface area contributed by atoms with Gasteiger partial charge in [0, 0.05) is 29.6 Å². The first-order valence-corrected chi connectivity index (χ1v) is 11.3. The molecule has 3 aromatic rings. The Morgan fingerprint density at radius 2 is 1.91 bits per heavy atom. The van der Waals surface area contributed by atoms with Crippen LogP contribution in [0.4, 0.5) is 4.79 Å². The van der Waals surface area contributed by atoms with Gasteiger partial charge in [0.25, 0.3) is 17.7 Å². The maximum Gasteiger partial charge on any atom is 0.322 e. The fourth-order valence-electron chi connectivity index (χ4n) is 5.07. The number of hydrogen-bond donors (Lipinski definition) is 3. The van der Waals surface area contributed by atoms with Gasteiger partial charge in [0.1, 0.15) is 17.1 Å². The number of urea groups is 1. The van der Waals surface area contributed by atoms with Crippen LogP contribution in [0.15, 0.2) is 40.8 Å². The average molecular weight is 474 g/mol. The number of hydrogen-bond acceptors (Lipinski definition) is 6. The molecule has 4 heterocycles. The molecule has 0 unspecified atom stereocenters. The second-order valence-corrected chi connectivity index (χ2v) is 9.02. The monoisotopic (exact) mass is 474 g/mol. The van der Waals surface area contributed by atoms with E-state index in [1.165, 1.54) is 12.0 Å². The Balaban J connectivity index is 1.40. The van der Waals surface area contributed by atoms with Gasteiger partial charge in [-0.3, -0.25) is 19.7 Å². The van der Waals surface area contributed by atoms with Crippen LogP contribution in [-0.4, -0.2) is 48.9 Å². The zero-order valence-electron chi connectivity index (χ0n) is 18.9. The van der Waals surface area contributed by atoms with Crippen molar-refractivity contribution in [2.75, 3.05) is 20.2 Å². The molecule has 5 amide bonds. The van der Waals surface area contributed by atoms with Crippen molar-refractivity contribution in [3.05, 3.63) is 64.4 Å². The number of aryl methyl sites for hydroxylation is 1. The van der Waals surface area contributed by atoms with Gasteiger partial charge in [0.05, 0.1) is 13.7 Å². The summed E-state index contributed by atoms with van der Waals surface area (Å²) in [5, 5.41) is 8.54. The molecule has 1 saturated heterocycles. The molecule has 3 aliphatic rings. The first kappa shape index (κ1) is 21.2. The fraction of sp³-hybridized carbons (Fsp3) is 0.280. The van der Waals surface area contributed by atoms with Gasteiger partial charge in [-0.25, -0.2) is 4.79 Å². The van der Waals surface area contributed by atoms with E-state index in [-0.39, 0.29) is 30.7 Å². The van der Waals surface area contributed by atoms with Crippen LogP contribution in [0.5, 0.6) is 5.75 Å². The van der Waals surface area contributed by atoms with Gasteiger partial charge in [0.15, 0.2) is 5.54 Å². The zero-order valence-corrected chi connectivity index (χ0v) is 18.9. The van der Waals surface area contributed by atoms with E-state index in [1.807, 2.05) is 12.1 Å². The maximum atomic E-state index is 13.2. The molecule has 3 aliphatic heterocycles. The maximum absolute atomic E-state index is 13.2. The number of amides is 5. The molecule has 178 valence electrons. The van der Waals surface area contributed by atoms with Crippen LogP contribution in [0, 0.1) is 0 Å². The minimum absolute atomic E-state index is 0.125. The molecule has 0 saturated carbocycles. The summed E-state index contributed by atoms with van der Waals surface area (Å²) < 4.78 is 11.3. The van der Waals surface area contributed by atoms with Gasteiger partial charge in [-0.05, 0) is 54.3 Å². The van der Waals surface area contributed by atoms with Gasteiger partial charge in [-0.2, -0.15) is 0 Å². The Hall–Kier alpha value is -4.34. The number of imide groups is 1. The lowest BCUT2D eigenvalue weighted by molar-refractivity contribution is -0.125. The molecule has 0 aliphatic carbocycles. The van der Waals surface area contributed by atoms with E-state index in [4.69, 9.17) is 9.15 Å². The number of fused-ring (bicyclic) bond motifs is 3. The lowest BCUT2D eigenvalue weighted by Gasteiger charge is -2.29. The van der Waals surface area contributed by atoms with Crippen LogP contribution in [0.2, 0.25) is 0 Å². The quantitative estimate of drug-likeness (QED) is 0.495. The zero-order chi connectivity index (χ0) is 24.3. The first-order chi connectivity index (χ1) is 16.9. The van der Waals surface area contributed by atoms with Crippen LogP contribution >= 0.6 is 0 Å². The lowest BCUT2D eigenvalue weighted by Crippen LogP contribution is -2.52. The number of ether oxygens (including phenoxy) is 1. The van der Waals surface area contributed by atoms with Crippen LogP contribution in [0.25, 0.3) is 11.0 Å². The van der Waals surface area contributed by atoms with Crippen molar-refractivity contribution in [3.63, 3.8) is 0 Å². The standard InChI is InChI=1S/C25H22N4O6/c1-34-16-5-4-14-11-29(22(31)18(14)9-16)12-25(23(32)27-24(33)28-25)20-8-15-7-13-3-2-6-26-21(30)17(13)10-19(15)35-20/h4-5,7-10H,2-3,6,11-12H2,1H3,(H,26,30)(H2,27,28,32,33)/t25-/m0/s1. The van der Waals surface area contributed by atoms with Crippen molar-refractivity contribution in [3.8, 4) is 5.75 Å². The molecular weight excluding hydrogens is 452 g/mol. The van der Waals surface area contributed by atoms with E-state index in [9.17, 15) is 19.2 Å². The number of furan rings is 1. The molecule has 6 rings (SSSR count). The third-order valence-corrected chi connectivity index (χ3v) is 6.88. The van der Waals surface area contributed by atoms with Crippen LogP contribution in [0.3, 0.4) is 0 Å². The number of nitrogens with one attached hydrogen (secondary N) is 3. The van der Waals surface area contributed by atoms with E-state index in [2.05, 4.69) is 16.0 Å². The third-order valence-electron chi connectivity index (χ3n) is 6.88. The summed E-state index contributed by atoms with van der Waals surface area (Å²) in [5.41, 5.74) is 1.53. The highest BCUT2D eigenvalue weighted by Gasteiger charge is 2.53. The Bertz CT molecular complexity index is 1440. The summed E-state index contributed by atoms with van der Waals surface area (Å²) in [6.45, 7) is 0.756. The van der Waals surface area contributed by atoms with E-state index >= 15 is 0 Å². The van der Waals surface area contributed by atoms with Crippen LogP contribution in [0.1, 0.15) is 44.0 Å². The number of rotatable bonds is 4. The van der Waals surface area contributed by atoms with Gasteiger partial charge in [-0.15, -0.1) is 0 Å². The summed E-state index contributed by atoms with van der Waals surface area (Å²) >= 11 is 0. The Morgan fingerprint density at radius 3 is 2.69 bits per heavy atom. The summed E-state index contributed by atoms with van der Waals surface area (Å²) in [6.07, 6.45) is 1.55. The predicted molar refractivity (Wildman–Crippen MR) is 123 cm³/mol. The molecule has 1 atom stereocenters. The van der Waals surface area contributed by atoms with E-state index in [0.717, 1.165) is 24.0 Å². The van der Waals surface area contributed by atoms with Crippen molar-refractivity contribution in [1.82, 2.24) is 20.9 Å². The molecular formula is C25H22N4O6. The van der Waals surface area contributed by atoms with Gasteiger partial charge >= 0.3 is 6.03 Å². The molecule has 10 heteroatoms. The summed E-state index contributed by atoms with van der Waals surface area (Å²) in [5.74, 6) is -0.303. The molecule has 2 aromatic carbocycles. The van der Waals surface area contributed by atoms with Crippen molar-refractivity contribution < 1.29 is 28.3 Å². The van der Waals surface area contributed by atoms with Crippen molar-refractivity contribution in [2.45, 2.75) is 24.9 Å². The van der Waals surface area contributed by atoms with E-state index < -0.39 is 17.5 Å². The summed E-state index contributed by atoms with van der Waals surface area (Å²) in [6, 6.07) is 9.82. The van der Waals surface area contributed by atoms with E-state index in [0.29, 0.717) is 34.4 Å². The SMILES string of the molecule is COc1ccc2c(c1)C(=O)N(C[C@@]1(c3cc4cc5c(cc4o3)C(=O)NCCC5)NC(=O)NC1=O)C2. The van der Waals surface area contributed by atoms with Crippen molar-refractivity contribution >= 4 is 34.7 Å². The third kappa shape index (κ3) is 3.24. The molecule has 0 radical (unpaired) electrons. The molecule has 35 heavy (non-hydrogen) atoms.